The van der Waals surface area contributed by atoms with E-state index in [0.717, 1.165) is 21.3 Å². The summed E-state index contributed by atoms with van der Waals surface area (Å²) in [6.07, 6.45) is 3.15. The van der Waals surface area contributed by atoms with Crippen molar-refractivity contribution in [1.82, 2.24) is 9.97 Å². The van der Waals surface area contributed by atoms with Crippen LogP contribution in [0.4, 0.5) is 10.2 Å². The summed E-state index contributed by atoms with van der Waals surface area (Å²) in [5, 5.41) is 5.16. The molecule has 0 spiro atoms. The second kappa shape index (κ2) is 5.57. The van der Waals surface area contributed by atoms with Crippen molar-refractivity contribution in [3.63, 3.8) is 0 Å². The molecule has 6 heteroatoms. The first-order valence-electron chi connectivity index (χ1n) is 6.40. The Bertz CT molecular complexity index is 808. The van der Waals surface area contributed by atoms with Gasteiger partial charge in [-0.2, -0.15) is 5.10 Å². The molecule has 0 fully saturated rings. The van der Waals surface area contributed by atoms with Crippen molar-refractivity contribution in [3.05, 3.63) is 52.4 Å². The third kappa shape index (κ3) is 2.75. The third-order valence-electron chi connectivity index (χ3n) is 3.22. The maximum absolute atomic E-state index is 12.8. The predicted molar refractivity (Wildman–Crippen MR) is 84.5 cm³/mol. The van der Waals surface area contributed by atoms with E-state index in [0.29, 0.717) is 5.82 Å². The number of fused-ring (bicyclic) bond motifs is 1. The van der Waals surface area contributed by atoms with Crippen LogP contribution in [0.5, 0.6) is 0 Å². The van der Waals surface area contributed by atoms with Crippen LogP contribution in [-0.4, -0.2) is 16.2 Å². The molecule has 0 saturated carbocycles. The number of aromatic nitrogens is 2. The number of aryl methyl sites for hydroxylation is 2. The summed E-state index contributed by atoms with van der Waals surface area (Å²) < 4.78 is 12.8. The molecule has 2 aromatic heterocycles. The monoisotopic (exact) mass is 300 g/mol. The lowest BCUT2D eigenvalue weighted by Gasteiger charge is -2.01. The second-order valence-corrected chi connectivity index (χ2v) is 5.81. The summed E-state index contributed by atoms with van der Waals surface area (Å²) in [4.78, 5) is 10.7. The lowest BCUT2D eigenvalue weighted by molar-refractivity contribution is 0.628. The van der Waals surface area contributed by atoms with Gasteiger partial charge in [-0.05, 0) is 37.1 Å². The van der Waals surface area contributed by atoms with E-state index >= 15 is 0 Å². The zero-order valence-electron chi connectivity index (χ0n) is 11.6. The molecule has 0 aliphatic heterocycles. The van der Waals surface area contributed by atoms with Gasteiger partial charge >= 0.3 is 0 Å². The Morgan fingerprint density at radius 2 is 1.95 bits per heavy atom. The van der Waals surface area contributed by atoms with Crippen molar-refractivity contribution < 1.29 is 4.39 Å². The van der Waals surface area contributed by atoms with E-state index in [4.69, 9.17) is 0 Å². The minimum absolute atomic E-state index is 0.262. The van der Waals surface area contributed by atoms with Crippen LogP contribution >= 0.6 is 11.3 Å². The van der Waals surface area contributed by atoms with Crippen molar-refractivity contribution in [3.8, 4) is 0 Å². The maximum atomic E-state index is 12.8. The van der Waals surface area contributed by atoms with Gasteiger partial charge in [0.25, 0.3) is 0 Å². The van der Waals surface area contributed by atoms with Gasteiger partial charge in [0.05, 0.1) is 11.6 Å². The Balaban J connectivity index is 1.87. The predicted octanol–water partition coefficient (Wildman–Crippen LogP) is 3.89. The third-order valence-corrected chi connectivity index (χ3v) is 4.33. The van der Waals surface area contributed by atoms with E-state index in [2.05, 4.69) is 27.4 Å². The number of hydrogen-bond donors (Lipinski definition) is 1. The Labute approximate surface area is 125 Å². The number of benzene rings is 1. The molecule has 0 aliphatic rings. The molecule has 21 heavy (non-hydrogen) atoms. The lowest BCUT2D eigenvalue weighted by atomic mass is 10.2. The summed E-state index contributed by atoms with van der Waals surface area (Å²) >= 11 is 1.64. The van der Waals surface area contributed by atoms with Crippen LogP contribution < -0.4 is 5.43 Å². The largest absolute Gasteiger partial charge is 0.261 e. The zero-order valence-corrected chi connectivity index (χ0v) is 12.4. The number of rotatable bonds is 3. The molecule has 2 heterocycles. The highest BCUT2D eigenvalue weighted by Gasteiger charge is 2.11. The molecule has 0 bridgehead atoms. The number of nitrogens with one attached hydrogen (secondary N) is 1. The van der Waals surface area contributed by atoms with Gasteiger partial charge in [0.15, 0.2) is 5.82 Å². The zero-order chi connectivity index (χ0) is 14.8. The first-order chi connectivity index (χ1) is 10.1. The van der Waals surface area contributed by atoms with Crippen LogP contribution in [0.15, 0.2) is 35.7 Å². The Morgan fingerprint density at radius 1 is 1.19 bits per heavy atom. The molecule has 0 unspecified atom stereocenters. The van der Waals surface area contributed by atoms with Gasteiger partial charge < -0.3 is 0 Å². The molecule has 0 saturated heterocycles. The van der Waals surface area contributed by atoms with Gasteiger partial charge in [0, 0.05) is 4.88 Å². The van der Waals surface area contributed by atoms with Gasteiger partial charge in [-0.25, -0.2) is 14.4 Å². The van der Waals surface area contributed by atoms with Crippen LogP contribution in [-0.2, 0) is 0 Å². The summed E-state index contributed by atoms with van der Waals surface area (Å²) in [7, 11) is 0. The molecule has 106 valence electrons. The molecule has 0 radical (unpaired) electrons. The average molecular weight is 300 g/mol. The minimum atomic E-state index is -0.262. The van der Waals surface area contributed by atoms with Crippen molar-refractivity contribution in [2.45, 2.75) is 13.8 Å². The molecule has 1 N–H and O–H groups in total. The van der Waals surface area contributed by atoms with Crippen LogP contribution in [0.1, 0.15) is 16.0 Å². The smallest absolute Gasteiger partial charge is 0.158 e. The number of halogens is 1. The highest BCUT2D eigenvalue weighted by Crippen LogP contribution is 2.32. The fourth-order valence-electron chi connectivity index (χ4n) is 1.98. The van der Waals surface area contributed by atoms with Gasteiger partial charge in [-0.1, -0.05) is 12.1 Å². The molecule has 3 aromatic rings. The molecule has 0 aliphatic carbocycles. The standard InChI is InChI=1S/C15H13FN4S/c1-9-10(2)21-15-13(9)14(17-8-18-15)20-19-7-11-3-5-12(16)6-4-11/h3-8H,1-2H3,(H,17,18,20)/b19-7-. The summed E-state index contributed by atoms with van der Waals surface area (Å²) in [5.41, 5.74) is 4.91. The number of anilines is 1. The number of nitrogens with zero attached hydrogens (tertiary/aromatic N) is 3. The first kappa shape index (κ1) is 13.6. The van der Waals surface area contributed by atoms with Gasteiger partial charge in [-0.15, -0.1) is 11.3 Å². The summed E-state index contributed by atoms with van der Waals surface area (Å²) in [6, 6.07) is 6.12. The topological polar surface area (TPSA) is 50.2 Å². The van der Waals surface area contributed by atoms with E-state index < -0.39 is 0 Å². The van der Waals surface area contributed by atoms with E-state index in [9.17, 15) is 4.39 Å². The van der Waals surface area contributed by atoms with Crippen LogP contribution in [0.2, 0.25) is 0 Å². The molecule has 0 amide bonds. The number of thiophene rings is 1. The SMILES string of the molecule is Cc1sc2ncnc(N/N=C\c3ccc(F)cc3)c2c1C. The van der Waals surface area contributed by atoms with E-state index in [1.807, 2.05) is 6.92 Å². The van der Waals surface area contributed by atoms with Crippen molar-refractivity contribution in [2.75, 3.05) is 5.43 Å². The highest BCUT2D eigenvalue weighted by molar-refractivity contribution is 7.18. The molecule has 3 rings (SSSR count). The fourth-order valence-corrected chi connectivity index (χ4v) is 2.98. The minimum Gasteiger partial charge on any atom is -0.261 e. The number of hydrogen-bond acceptors (Lipinski definition) is 5. The molecular weight excluding hydrogens is 287 g/mol. The molecule has 4 nitrogen and oxygen atoms in total. The highest BCUT2D eigenvalue weighted by atomic mass is 32.1. The van der Waals surface area contributed by atoms with Crippen molar-refractivity contribution in [2.24, 2.45) is 5.10 Å². The van der Waals surface area contributed by atoms with Crippen LogP contribution in [0.3, 0.4) is 0 Å². The van der Waals surface area contributed by atoms with E-state index in [-0.39, 0.29) is 5.82 Å². The van der Waals surface area contributed by atoms with Crippen molar-refractivity contribution in [1.29, 1.82) is 0 Å². The average Bonchev–Trinajstić information content (AvgIpc) is 2.77. The van der Waals surface area contributed by atoms with Crippen LogP contribution in [0.25, 0.3) is 10.2 Å². The fraction of sp³-hybridized carbons (Fsp3) is 0.133. The van der Waals surface area contributed by atoms with Gasteiger partial charge in [0.2, 0.25) is 0 Å². The number of hydrazone groups is 1. The second-order valence-electron chi connectivity index (χ2n) is 4.61. The van der Waals surface area contributed by atoms with E-state index in [1.165, 1.54) is 23.3 Å². The quantitative estimate of drug-likeness (QED) is 0.589. The Kier molecular flexibility index (Phi) is 3.62. The van der Waals surface area contributed by atoms with Crippen molar-refractivity contribution >= 4 is 33.6 Å². The Morgan fingerprint density at radius 3 is 2.71 bits per heavy atom. The van der Waals surface area contributed by atoms with Gasteiger partial charge in [-0.3, -0.25) is 5.43 Å². The van der Waals surface area contributed by atoms with E-state index in [1.54, 1.807) is 29.7 Å². The lowest BCUT2D eigenvalue weighted by Crippen LogP contribution is -1.95. The molecule has 0 atom stereocenters. The summed E-state index contributed by atoms with van der Waals surface area (Å²) in [5.74, 6) is 0.419. The van der Waals surface area contributed by atoms with Gasteiger partial charge in [0.1, 0.15) is 17.0 Å². The molecule has 1 aromatic carbocycles. The molecular formula is C15H13FN4S. The first-order valence-corrected chi connectivity index (χ1v) is 7.22. The normalized spacial score (nSPS) is 11.4. The van der Waals surface area contributed by atoms with Crippen LogP contribution in [0, 0.1) is 19.7 Å². The maximum Gasteiger partial charge on any atom is 0.158 e. The Hall–Kier alpha value is -2.34. The summed E-state index contributed by atoms with van der Waals surface area (Å²) in [6.45, 7) is 4.11.